The quantitative estimate of drug-likeness (QED) is 0.401. The van der Waals surface area contributed by atoms with Gasteiger partial charge in [-0.15, -0.1) is 0 Å². The number of esters is 2. The Kier molecular flexibility index (Phi) is 5.73. The van der Waals surface area contributed by atoms with Crippen LogP contribution in [-0.2, 0) is 37.7 Å². The van der Waals surface area contributed by atoms with Gasteiger partial charge in [0.1, 0.15) is 19.0 Å². The number of carbonyl (C=O) groups excluding carboxylic acids is 2. The molecule has 7 heteroatoms. The van der Waals surface area contributed by atoms with Gasteiger partial charge >= 0.3 is 11.9 Å². The number of methoxy groups -OCH3 is 1. The zero-order valence-corrected chi connectivity index (χ0v) is 16.7. The fraction of sp³-hybridized carbons (Fsp3) is 0.208. The highest BCUT2D eigenvalue weighted by molar-refractivity contribution is 6.06. The minimum absolute atomic E-state index is 0.197. The van der Waals surface area contributed by atoms with Crippen LogP contribution >= 0.6 is 0 Å². The van der Waals surface area contributed by atoms with Crippen LogP contribution in [0.15, 0.2) is 72.9 Å². The summed E-state index contributed by atoms with van der Waals surface area (Å²) in [5.74, 6) is -4.37. The number of hydrogen-bond acceptors (Lipinski definition) is 6. The largest absolute Gasteiger partial charge is 0.481 e. The number of ether oxygens (including phenoxy) is 3. The van der Waals surface area contributed by atoms with E-state index in [1.54, 1.807) is 60.7 Å². The second-order valence-corrected chi connectivity index (χ2v) is 6.58. The van der Waals surface area contributed by atoms with Gasteiger partial charge in [0.05, 0.1) is 13.3 Å². The first-order valence-corrected chi connectivity index (χ1v) is 9.32. The van der Waals surface area contributed by atoms with Gasteiger partial charge in [-0.05, 0) is 18.0 Å². The monoisotopic (exact) mass is 426 g/mol. The van der Waals surface area contributed by atoms with E-state index in [0.29, 0.717) is 17.3 Å². The van der Waals surface area contributed by atoms with Gasteiger partial charge in [0, 0.05) is 15.7 Å². The molecule has 0 unspecified atom stereocenters. The zero-order chi connectivity index (χ0) is 24.8. The Bertz CT molecular complexity index is 1080. The third-order valence-electron chi connectivity index (χ3n) is 4.48. The van der Waals surface area contributed by atoms with Crippen LogP contribution in [0.4, 0.5) is 4.39 Å². The van der Waals surface area contributed by atoms with Crippen LogP contribution in [-0.4, -0.2) is 24.0 Å². The first-order chi connectivity index (χ1) is 16.2. The van der Waals surface area contributed by atoms with E-state index in [9.17, 15) is 14.0 Å². The summed E-state index contributed by atoms with van der Waals surface area (Å²) in [5, 5.41) is 0. The van der Waals surface area contributed by atoms with Crippen LogP contribution in [0.1, 0.15) is 27.7 Å². The van der Waals surface area contributed by atoms with Crippen molar-refractivity contribution in [2.24, 2.45) is 0 Å². The summed E-state index contributed by atoms with van der Waals surface area (Å²) < 4.78 is 54.9. The Morgan fingerprint density at radius 1 is 0.968 bits per heavy atom. The van der Waals surface area contributed by atoms with Crippen molar-refractivity contribution in [3.63, 3.8) is 0 Å². The maximum absolute atomic E-state index is 15.0. The molecule has 0 aliphatic heterocycles. The predicted octanol–water partition coefficient (Wildman–Crippen LogP) is 3.97. The van der Waals surface area contributed by atoms with E-state index in [1.165, 1.54) is 7.11 Å². The van der Waals surface area contributed by atoms with Crippen molar-refractivity contribution in [3.05, 3.63) is 95.4 Å². The first-order valence-electron chi connectivity index (χ1n) is 10.8. The SMILES string of the molecule is [2H]C([2H])([2H])C(C(=O)OCc1ccccc1)(C(=O)OCc1ccccc1)c1cc(OC)ncc1F. The van der Waals surface area contributed by atoms with E-state index in [0.717, 1.165) is 6.07 Å². The molecule has 0 saturated heterocycles. The number of benzene rings is 2. The van der Waals surface area contributed by atoms with Gasteiger partial charge in [-0.3, -0.25) is 9.59 Å². The van der Waals surface area contributed by atoms with E-state index in [2.05, 4.69) is 4.98 Å². The number of hydrogen-bond donors (Lipinski definition) is 0. The normalized spacial score (nSPS) is 12.8. The molecule has 0 amide bonds. The third kappa shape index (κ3) is 5.06. The molecule has 0 spiro atoms. The Hall–Kier alpha value is -3.74. The van der Waals surface area contributed by atoms with Crippen LogP contribution in [0.3, 0.4) is 0 Å². The molecule has 0 bridgehead atoms. The van der Waals surface area contributed by atoms with Crippen molar-refractivity contribution in [1.82, 2.24) is 4.98 Å². The summed E-state index contributed by atoms with van der Waals surface area (Å²) in [5.41, 5.74) is -2.83. The Morgan fingerprint density at radius 3 is 1.94 bits per heavy atom. The summed E-state index contributed by atoms with van der Waals surface area (Å²) in [7, 11) is 1.22. The minimum Gasteiger partial charge on any atom is -0.481 e. The maximum Gasteiger partial charge on any atom is 0.328 e. The highest BCUT2D eigenvalue weighted by Crippen LogP contribution is 2.32. The molecule has 0 saturated carbocycles. The molecule has 0 atom stereocenters. The molecule has 3 aromatic rings. The first kappa shape index (κ1) is 18.1. The molecule has 0 fully saturated rings. The summed E-state index contributed by atoms with van der Waals surface area (Å²) >= 11 is 0. The highest BCUT2D eigenvalue weighted by Gasteiger charge is 2.48. The Morgan fingerprint density at radius 2 is 1.48 bits per heavy atom. The van der Waals surface area contributed by atoms with Crippen molar-refractivity contribution >= 4 is 11.9 Å². The van der Waals surface area contributed by atoms with Gasteiger partial charge in [-0.2, -0.15) is 0 Å². The standard InChI is InChI=1S/C24H22FNO5/c1-24(19-13-21(29-2)26-14-20(19)25,22(27)30-15-17-9-5-3-6-10-17)23(28)31-16-18-11-7-4-8-12-18/h3-14H,15-16H2,1-2H3/i1D3. The van der Waals surface area contributed by atoms with E-state index >= 15 is 0 Å². The fourth-order valence-corrected chi connectivity index (χ4v) is 2.78. The van der Waals surface area contributed by atoms with Crippen LogP contribution in [0.2, 0.25) is 0 Å². The van der Waals surface area contributed by atoms with Gasteiger partial charge in [0.15, 0.2) is 5.41 Å². The lowest BCUT2D eigenvalue weighted by atomic mass is 9.82. The van der Waals surface area contributed by atoms with Crippen molar-refractivity contribution < 1.29 is 32.3 Å². The van der Waals surface area contributed by atoms with Crippen molar-refractivity contribution in [2.75, 3.05) is 7.11 Å². The van der Waals surface area contributed by atoms with Crippen molar-refractivity contribution in [3.8, 4) is 5.88 Å². The number of nitrogens with zero attached hydrogens (tertiary/aromatic N) is 1. The number of carbonyl (C=O) groups is 2. The van der Waals surface area contributed by atoms with E-state index < -0.39 is 35.6 Å². The molecule has 0 aliphatic carbocycles. The third-order valence-corrected chi connectivity index (χ3v) is 4.48. The van der Waals surface area contributed by atoms with Gasteiger partial charge < -0.3 is 14.2 Å². The van der Waals surface area contributed by atoms with Gasteiger partial charge in [0.25, 0.3) is 0 Å². The summed E-state index contributed by atoms with van der Waals surface area (Å²) in [6, 6.07) is 17.8. The van der Waals surface area contributed by atoms with Crippen LogP contribution in [0.5, 0.6) is 5.88 Å². The molecule has 160 valence electrons. The Labute approximate surface area is 183 Å². The lowest BCUT2D eigenvalue weighted by molar-refractivity contribution is -0.166. The van der Waals surface area contributed by atoms with E-state index in [-0.39, 0.29) is 19.1 Å². The summed E-state index contributed by atoms with van der Waals surface area (Å²) in [6.45, 7) is -4.07. The van der Waals surface area contributed by atoms with Gasteiger partial charge in [-0.1, -0.05) is 60.7 Å². The number of aromatic nitrogens is 1. The van der Waals surface area contributed by atoms with Crippen molar-refractivity contribution in [2.45, 2.75) is 25.5 Å². The lowest BCUT2D eigenvalue weighted by Gasteiger charge is -2.26. The molecular formula is C24H22FNO5. The van der Waals surface area contributed by atoms with E-state index in [4.69, 9.17) is 18.3 Å². The summed E-state index contributed by atoms with van der Waals surface area (Å²) in [4.78, 5) is 30.4. The molecule has 0 radical (unpaired) electrons. The molecule has 6 nitrogen and oxygen atoms in total. The Balaban J connectivity index is 2.08. The van der Waals surface area contributed by atoms with Gasteiger partial charge in [0.2, 0.25) is 5.88 Å². The summed E-state index contributed by atoms with van der Waals surface area (Å²) in [6.07, 6.45) is 0.670. The number of halogens is 1. The lowest BCUT2D eigenvalue weighted by Crippen LogP contribution is -2.44. The van der Waals surface area contributed by atoms with Crippen LogP contribution < -0.4 is 4.74 Å². The smallest absolute Gasteiger partial charge is 0.328 e. The second kappa shape index (κ2) is 9.84. The number of rotatable bonds is 8. The number of pyridine rings is 1. The zero-order valence-electron chi connectivity index (χ0n) is 19.7. The molecule has 31 heavy (non-hydrogen) atoms. The van der Waals surface area contributed by atoms with Gasteiger partial charge in [-0.25, -0.2) is 9.37 Å². The average Bonchev–Trinajstić information content (AvgIpc) is 2.83. The second-order valence-electron chi connectivity index (χ2n) is 6.58. The van der Waals surface area contributed by atoms with Crippen LogP contribution in [0, 0.1) is 5.82 Å². The molecule has 1 aromatic heterocycles. The molecule has 1 heterocycles. The molecule has 0 N–H and O–H groups in total. The minimum atomic E-state index is -3.39. The average molecular weight is 426 g/mol. The van der Waals surface area contributed by atoms with E-state index in [1.807, 2.05) is 0 Å². The predicted molar refractivity (Wildman–Crippen MR) is 111 cm³/mol. The topological polar surface area (TPSA) is 74.7 Å². The highest BCUT2D eigenvalue weighted by atomic mass is 19.1. The molecule has 2 aromatic carbocycles. The fourth-order valence-electron chi connectivity index (χ4n) is 2.78. The van der Waals surface area contributed by atoms with Crippen LogP contribution in [0.25, 0.3) is 0 Å². The molecule has 0 aliphatic rings. The molecular weight excluding hydrogens is 401 g/mol. The maximum atomic E-state index is 15.0. The molecule has 3 rings (SSSR count). The van der Waals surface area contributed by atoms with Crippen molar-refractivity contribution in [1.29, 1.82) is 0 Å².